The molecule has 1 spiro atoms. The molecule has 1 heteroatoms. The summed E-state index contributed by atoms with van der Waals surface area (Å²) in [4.78, 5) is 0. The molecule has 0 aromatic rings. The number of ether oxygens (including phenoxy) is 1. The molecule has 7 unspecified atom stereocenters. The van der Waals surface area contributed by atoms with Crippen LogP contribution < -0.4 is 0 Å². The Morgan fingerprint density at radius 1 is 1.23 bits per heavy atom. The molecule has 7 atom stereocenters. The van der Waals surface area contributed by atoms with Crippen LogP contribution in [0.25, 0.3) is 0 Å². The smallest absolute Gasteiger partial charge is 0.0744 e. The standard InChI is InChI=1S/C21H34O/c1-6-16-8-7-9-20-17-12-18(20)21(22-13-17,15(4)14(2)3)11-10-19(16,20)5/h7-8,14-18H,6,9-13H2,1-5H3. The van der Waals surface area contributed by atoms with Crippen molar-refractivity contribution in [2.45, 2.75) is 72.3 Å². The molecular formula is C21H34O. The molecule has 1 aliphatic heterocycles. The number of allylic oxidation sites excluding steroid dienone is 2. The van der Waals surface area contributed by atoms with Crippen molar-refractivity contribution in [3.05, 3.63) is 12.2 Å². The molecule has 4 rings (SSSR count). The fourth-order valence-corrected chi connectivity index (χ4v) is 7.38. The Bertz CT molecular complexity index is 492. The fraction of sp³-hybridized carbons (Fsp3) is 0.905. The van der Waals surface area contributed by atoms with Gasteiger partial charge in [0.2, 0.25) is 0 Å². The molecule has 0 amide bonds. The van der Waals surface area contributed by atoms with Gasteiger partial charge in [-0.1, -0.05) is 46.8 Å². The summed E-state index contributed by atoms with van der Waals surface area (Å²) >= 11 is 0. The molecule has 0 aromatic carbocycles. The van der Waals surface area contributed by atoms with Crippen molar-refractivity contribution in [3.8, 4) is 0 Å². The van der Waals surface area contributed by atoms with E-state index in [9.17, 15) is 0 Å². The monoisotopic (exact) mass is 302 g/mol. The van der Waals surface area contributed by atoms with Crippen molar-refractivity contribution in [2.75, 3.05) is 6.61 Å². The van der Waals surface area contributed by atoms with E-state index in [1.54, 1.807) is 0 Å². The summed E-state index contributed by atoms with van der Waals surface area (Å²) in [5, 5.41) is 0. The first-order chi connectivity index (χ1) is 10.4. The minimum Gasteiger partial charge on any atom is -0.374 e. The first-order valence-electron chi connectivity index (χ1n) is 9.73. The van der Waals surface area contributed by atoms with E-state index in [-0.39, 0.29) is 5.60 Å². The van der Waals surface area contributed by atoms with Gasteiger partial charge in [0.05, 0.1) is 12.2 Å². The van der Waals surface area contributed by atoms with Crippen LogP contribution in [0.2, 0.25) is 0 Å². The highest BCUT2D eigenvalue weighted by Gasteiger charge is 2.76. The highest BCUT2D eigenvalue weighted by atomic mass is 16.5. The summed E-state index contributed by atoms with van der Waals surface area (Å²) in [5.41, 5.74) is 1.27. The summed E-state index contributed by atoms with van der Waals surface area (Å²) in [6, 6.07) is 0. The number of hydrogen-bond acceptors (Lipinski definition) is 1. The predicted molar refractivity (Wildman–Crippen MR) is 91.6 cm³/mol. The minimum atomic E-state index is 0.186. The van der Waals surface area contributed by atoms with Crippen LogP contribution >= 0.6 is 0 Å². The van der Waals surface area contributed by atoms with Crippen LogP contribution in [-0.4, -0.2) is 12.2 Å². The van der Waals surface area contributed by atoms with Crippen LogP contribution in [0.5, 0.6) is 0 Å². The molecule has 3 fully saturated rings. The van der Waals surface area contributed by atoms with Gasteiger partial charge in [0, 0.05) is 0 Å². The van der Waals surface area contributed by atoms with Gasteiger partial charge >= 0.3 is 0 Å². The molecule has 2 saturated carbocycles. The highest BCUT2D eigenvalue weighted by molar-refractivity contribution is 5.28. The Kier molecular flexibility index (Phi) is 3.20. The second-order valence-electron chi connectivity index (χ2n) is 9.39. The van der Waals surface area contributed by atoms with Gasteiger partial charge < -0.3 is 4.74 Å². The Balaban J connectivity index is 1.79. The van der Waals surface area contributed by atoms with Gasteiger partial charge in [-0.2, -0.15) is 0 Å². The van der Waals surface area contributed by atoms with Crippen molar-refractivity contribution in [2.24, 2.45) is 40.4 Å². The van der Waals surface area contributed by atoms with E-state index < -0.39 is 0 Å². The zero-order chi connectivity index (χ0) is 15.8. The molecule has 0 N–H and O–H groups in total. The summed E-state index contributed by atoms with van der Waals surface area (Å²) in [6.45, 7) is 13.3. The lowest BCUT2D eigenvalue weighted by atomic mass is 9.30. The Morgan fingerprint density at radius 3 is 2.64 bits per heavy atom. The fourth-order valence-electron chi connectivity index (χ4n) is 7.38. The van der Waals surface area contributed by atoms with E-state index in [4.69, 9.17) is 4.74 Å². The van der Waals surface area contributed by atoms with Crippen molar-refractivity contribution in [1.29, 1.82) is 0 Å². The van der Waals surface area contributed by atoms with E-state index in [1.807, 2.05) is 0 Å². The van der Waals surface area contributed by atoms with Crippen LogP contribution in [0.1, 0.15) is 66.7 Å². The highest BCUT2D eigenvalue weighted by Crippen LogP contribution is 2.78. The maximum absolute atomic E-state index is 6.66. The van der Waals surface area contributed by atoms with E-state index in [1.165, 1.54) is 32.1 Å². The quantitative estimate of drug-likeness (QED) is 0.629. The average Bonchev–Trinajstić information content (AvgIpc) is 2.51. The Hall–Kier alpha value is -0.300. The van der Waals surface area contributed by atoms with Gasteiger partial charge in [0.1, 0.15) is 0 Å². The normalized spacial score (nSPS) is 53.8. The second kappa shape index (κ2) is 4.62. The second-order valence-corrected chi connectivity index (χ2v) is 9.39. The summed E-state index contributed by atoms with van der Waals surface area (Å²) in [6.07, 6.45) is 11.8. The van der Waals surface area contributed by atoms with Crippen molar-refractivity contribution < 1.29 is 4.74 Å². The lowest BCUT2D eigenvalue weighted by molar-refractivity contribution is -0.361. The summed E-state index contributed by atoms with van der Waals surface area (Å²) < 4.78 is 6.66. The minimum absolute atomic E-state index is 0.186. The molecule has 0 radical (unpaired) electrons. The van der Waals surface area contributed by atoms with E-state index >= 15 is 0 Å². The molecule has 4 aliphatic rings. The predicted octanol–water partition coefficient (Wildman–Crippen LogP) is 5.46. The van der Waals surface area contributed by atoms with Gasteiger partial charge in [0.25, 0.3) is 0 Å². The molecule has 22 heavy (non-hydrogen) atoms. The topological polar surface area (TPSA) is 9.23 Å². The third-order valence-corrected chi connectivity index (χ3v) is 8.96. The first kappa shape index (κ1) is 15.2. The lowest BCUT2D eigenvalue weighted by Gasteiger charge is -2.78. The van der Waals surface area contributed by atoms with Crippen LogP contribution in [0.4, 0.5) is 0 Å². The number of hydrogen-bond donors (Lipinski definition) is 0. The van der Waals surface area contributed by atoms with Crippen LogP contribution in [0.15, 0.2) is 12.2 Å². The van der Waals surface area contributed by atoms with E-state index in [0.29, 0.717) is 16.7 Å². The molecule has 3 aliphatic carbocycles. The molecule has 124 valence electrons. The zero-order valence-electron chi connectivity index (χ0n) is 15.2. The zero-order valence-corrected chi connectivity index (χ0v) is 15.2. The molecular weight excluding hydrogens is 268 g/mol. The maximum atomic E-state index is 6.66. The average molecular weight is 303 g/mol. The molecule has 4 bridgehead atoms. The maximum Gasteiger partial charge on any atom is 0.0744 e. The molecule has 1 saturated heterocycles. The largest absolute Gasteiger partial charge is 0.374 e. The van der Waals surface area contributed by atoms with Crippen LogP contribution in [-0.2, 0) is 4.74 Å². The first-order valence-corrected chi connectivity index (χ1v) is 9.73. The Morgan fingerprint density at radius 2 is 2.00 bits per heavy atom. The van der Waals surface area contributed by atoms with Crippen molar-refractivity contribution >= 4 is 0 Å². The summed E-state index contributed by atoms with van der Waals surface area (Å²) in [7, 11) is 0. The third-order valence-electron chi connectivity index (χ3n) is 8.96. The van der Waals surface area contributed by atoms with Gasteiger partial charge in [0.15, 0.2) is 0 Å². The third kappa shape index (κ3) is 1.46. The summed E-state index contributed by atoms with van der Waals surface area (Å²) in [5.74, 6) is 3.84. The van der Waals surface area contributed by atoms with E-state index in [2.05, 4.69) is 46.8 Å². The van der Waals surface area contributed by atoms with Gasteiger partial charge in [-0.3, -0.25) is 0 Å². The van der Waals surface area contributed by atoms with Gasteiger partial charge in [-0.05, 0) is 72.5 Å². The lowest BCUT2D eigenvalue weighted by Crippen LogP contribution is -2.77. The van der Waals surface area contributed by atoms with Crippen LogP contribution in [0.3, 0.4) is 0 Å². The van der Waals surface area contributed by atoms with Crippen molar-refractivity contribution in [1.82, 2.24) is 0 Å². The SMILES string of the molecule is CCC1C=CCC23C4COC(C(C)C(C)C)(CCC12C)C3C4. The molecule has 1 nitrogen and oxygen atoms in total. The molecule has 0 aromatic heterocycles. The van der Waals surface area contributed by atoms with Gasteiger partial charge in [-0.15, -0.1) is 0 Å². The molecule has 1 heterocycles. The number of rotatable bonds is 3. The van der Waals surface area contributed by atoms with Crippen LogP contribution in [0, 0.1) is 40.4 Å². The van der Waals surface area contributed by atoms with E-state index in [0.717, 1.165) is 30.3 Å². The van der Waals surface area contributed by atoms with Gasteiger partial charge in [-0.25, -0.2) is 0 Å². The Labute approximate surface area is 136 Å². The van der Waals surface area contributed by atoms with Crippen molar-refractivity contribution in [3.63, 3.8) is 0 Å².